The lowest BCUT2D eigenvalue weighted by Gasteiger charge is -2.27. The average molecular weight is 239 g/mol. The molecule has 17 heavy (non-hydrogen) atoms. The maximum Gasteiger partial charge on any atom is 0.411 e. The summed E-state index contributed by atoms with van der Waals surface area (Å²) in [6.07, 6.45) is 4.05. The SMILES string of the molecule is C=CCC1=CC(CO)N(C(=O)OC(C)(C)C)C1. The molecule has 1 aliphatic heterocycles. The van der Waals surface area contributed by atoms with Crippen molar-refractivity contribution in [1.29, 1.82) is 0 Å². The van der Waals surface area contributed by atoms with E-state index in [1.54, 1.807) is 11.0 Å². The van der Waals surface area contributed by atoms with Crippen LogP contribution < -0.4 is 0 Å². The second-order valence-electron chi connectivity index (χ2n) is 5.18. The maximum absolute atomic E-state index is 11.9. The molecular weight excluding hydrogens is 218 g/mol. The Kier molecular flexibility index (Phi) is 4.34. The van der Waals surface area contributed by atoms with E-state index in [4.69, 9.17) is 4.74 Å². The third-order valence-electron chi connectivity index (χ3n) is 2.42. The lowest BCUT2D eigenvalue weighted by atomic mass is 10.2. The molecule has 0 aliphatic carbocycles. The predicted octanol–water partition coefficient (Wildman–Crippen LogP) is 2.10. The van der Waals surface area contributed by atoms with Crippen molar-refractivity contribution in [2.24, 2.45) is 0 Å². The van der Waals surface area contributed by atoms with E-state index in [-0.39, 0.29) is 18.7 Å². The van der Waals surface area contributed by atoms with Crippen LogP contribution in [0.2, 0.25) is 0 Å². The minimum atomic E-state index is -0.516. The number of ether oxygens (including phenoxy) is 1. The van der Waals surface area contributed by atoms with Crippen LogP contribution in [-0.4, -0.2) is 40.9 Å². The monoisotopic (exact) mass is 239 g/mol. The molecule has 96 valence electrons. The van der Waals surface area contributed by atoms with Crippen LogP contribution >= 0.6 is 0 Å². The number of hydrogen-bond acceptors (Lipinski definition) is 3. The average Bonchev–Trinajstić information content (AvgIpc) is 2.59. The summed E-state index contributed by atoms with van der Waals surface area (Å²) in [5.74, 6) is 0. The molecule has 0 fully saturated rings. The Bertz CT molecular complexity index is 328. The van der Waals surface area contributed by atoms with Crippen molar-refractivity contribution in [3.8, 4) is 0 Å². The van der Waals surface area contributed by atoms with Gasteiger partial charge in [-0.05, 0) is 32.8 Å². The van der Waals surface area contributed by atoms with Gasteiger partial charge in [-0.1, -0.05) is 12.2 Å². The number of aliphatic hydroxyl groups is 1. The van der Waals surface area contributed by atoms with Gasteiger partial charge in [-0.25, -0.2) is 4.79 Å². The summed E-state index contributed by atoms with van der Waals surface area (Å²) in [6, 6.07) is -0.278. The molecular formula is C13H21NO3. The quantitative estimate of drug-likeness (QED) is 0.767. The van der Waals surface area contributed by atoms with Crippen LogP contribution in [0.1, 0.15) is 27.2 Å². The van der Waals surface area contributed by atoms with Crippen LogP contribution in [-0.2, 0) is 4.74 Å². The Hall–Kier alpha value is -1.29. The number of allylic oxidation sites excluding steroid dienone is 1. The van der Waals surface area contributed by atoms with Crippen molar-refractivity contribution < 1.29 is 14.6 Å². The third kappa shape index (κ3) is 3.89. The zero-order valence-electron chi connectivity index (χ0n) is 10.8. The number of carbonyl (C=O) groups is 1. The van der Waals surface area contributed by atoms with E-state index in [0.29, 0.717) is 6.54 Å². The van der Waals surface area contributed by atoms with Gasteiger partial charge in [0, 0.05) is 6.54 Å². The summed E-state index contributed by atoms with van der Waals surface area (Å²) in [5.41, 5.74) is 0.572. The Balaban J connectivity index is 2.67. The van der Waals surface area contributed by atoms with Gasteiger partial charge in [0.25, 0.3) is 0 Å². The summed E-state index contributed by atoms with van der Waals surface area (Å²) in [4.78, 5) is 13.5. The fraction of sp³-hybridized carbons (Fsp3) is 0.615. The van der Waals surface area contributed by atoms with Crippen LogP contribution in [0, 0.1) is 0 Å². The summed E-state index contributed by atoms with van der Waals surface area (Å²) in [5, 5.41) is 9.25. The van der Waals surface area contributed by atoms with E-state index in [1.165, 1.54) is 0 Å². The Morgan fingerprint density at radius 1 is 1.71 bits per heavy atom. The summed E-state index contributed by atoms with van der Waals surface area (Å²) in [7, 11) is 0. The molecule has 1 amide bonds. The fourth-order valence-electron chi connectivity index (χ4n) is 1.74. The number of amides is 1. The molecule has 4 heteroatoms. The number of rotatable bonds is 3. The van der Waals surface area contributed by atoms with E-state index in [1.807, 2.05) is 26.8 Å². The zero-order chi connectivity index (χ0) is 13.1. The van der Waals surface area contributed by atoms with Gasteiger partial charge in [0.05, 0.1) is 12.6 Å². The molecule has 0 saturated carbocycles. The number of hydrogen-bond donors (Lipinski definition) is 1. The highest BCUT2D eigenvalue weighted by Crippen LogP contribution is 2.21. The second-order valence-corrected chi connectivity index (χ2v) is 5.18. The minimum Gasteiger partial charge on any atom is -0.444 e. The summed E-state index contributed by atoms with van der Waals surface area (Å²) < 4.78 is 5.30. The zero-order valence-corrected chi connectivity index (χ0v) is 10.8. The lowest BCUT2D eigenvalue weighted by Crippen LogP contribution is -2.41. The van der Waals surface area contributed by atoms with E-state index >= 15 is 0 Å². The molecule has 1 N–H and O–H groups in total. The van der Waals surface area contributed by atoms with Gasteiger partial charge in [-0.15, -0.1) is 6.58 Å². The van der Waals surface area contributed by atoms with Crippen LogP contribution in [0.5, 0.6) is 0 Å². The van der Waals surface area contributed by atoms with Crippen molar-refractivity contribution in [2.75, 3.05) is 13.2 Å². The first-order valence-corrected chi connectivity index (χ1v) is 5.78. The smallest absolute Gasteiger partial charge is 0.411 e. The highest BCUT2D eigenvalue weighted by molar-refractivity contribution is 5.70. The van der Waals surface area contributed by atoms with Gasteiger partial charge < -0.3 is 9.84 Å². The summed E-state index contributed by atoms with van der Waals surface area (Å²) >= 11 is 0. The number of carbonyl (C=O) groups excluding carboxylic acids is 1. The summed E-state index contributed by atoms with van der Waals surface area (Å²) in [6.45, 7) is 9.57. The van der Waals surface area contributed by atoms with Crippen molar-refractivity contribution >= 4 is 6.09 Å². The molecule has 0 aromatic carbocycles. The second kappa shape index (κ2) is 5.36. The first-order valence-electron chi connectivity index (χ1n) is 5.78. The molecule has 4 nitrogen and oxygen atoms in total. The van der Waals surface area contributed by atoms with Gasteiger partial charge >= 0.3 is 6.09 Å². The van der Waals surface area contributed by atoms with Crippen molar-refractivity contribution in [3.05, 3.63) is 24.3 Å². The molecule has 0 aromatic heterocycles. The standard InChI is InChI=1S/C13H21NO3/c1-5-6-10-7-11(9-15)14(8-10)12(16)17-13(2,3)4/h5,7,11,15H,1,6,8-9H2,2-4H3. The number of nitrogens with zero attached hydrogens (tertiary/aromatic N) is 1. The van der Waals surface area contributed by atoms with Gasteiger partial charge in [-0.2, -0.15) is 0 Å². The minimum absolute atomic E-state index is 0.0834. The Morgan fingerprint density at radius 3 is 2.82 bits per heavy atom. The molecule has 1 aliphatic rings. The van der Waals surface area contributed by atoms with E-state index in [2.05, 4.69) is 6.58 Å². The molecule has 0 saturated heterocycles. The van der Waals surface area contributed by atoms with Crippen LogP contribution in [0.3, 0.4) is 0 Å². The number of aliphatic hydroxyl groups excluding tert-OH is 1. The van der Waals surface area contributed by atoms with Gasteiger partial charge in [0.15, 0.2) is 0 Å². The Morgan fingerprint density at radius 2 is 2.35 bits per heavy atom. The van der Waals surface area contributed by atoms with Crippen molar-refractivity contribution in [2.45, 2.75) is 38.8 Å². The van der Waals surface area contributed by atoms with Crippen LogP contribution in [0.4, 0.5) is 4.79 Å². The van der Waals surface area contributed by atoms with Gasteiger partial charge in [-0.3, -0.25) is 4.90 Å². The van der Waals surface area contributed by atoms with Gasteiger partial charge in [0.1, 0.15) is 5.60 Å². The lowest BCUT2D eigenvalue weighted by molar-refractivity contribution is 0.0195. The van der Waals surface area contributed by atoms with Crippen LogP contribution in [0.15, 0.2) is 24.3 Å². The fourth-order valence-corrected chi connectivity index (χ4v) is 1.74. The van der Waals surface area contributed by atoms with E-state index in [0.717, 1.165) is 12.0 Å². The topological polar surface area (TPSA) is 49.8 Å². The first kappa shape index (κ1) is 13.8. The largest absolute Gasteiger partial charge is 0.444 e. The molecule has 1 unspecified atom stereocenters. The molecule has 1 rings (SSSR count). The Labute approximate surface area is 103 Å². The molecule has 1 heterocycles. The predicted molar refractivity (Wildman–Crippen MR) is 66.7 cm³/mol. The van der Waals surface area contributed by atoms with E-state index in [9.17, 15) is 9.90 Å². The highest BCUT2D eigenvalue weighted by Gasteiger charge is 2.31. The molecule has 0 radical (unpaired) electrons. The first-order chi connectivity index (χ1) is 7.87. The van der Waals surface area contributed by atoms with Gasteiger partial charge in [0.2, 0.25) is 0 Å². The van der Waals surface area contributed by atoms with Crippen LogP contribution in [0.25, 0.3) is 0 Å². The highest BCUT2D eigenvalue weighted by atomic mass is 16.6. The third-order valence-corrected chi connectivity index (χ3v) is 2.42. The normalized spacial score (nSPS) is 20.1. The molecule has 0 spiro atoms. The molecule has 0 bridgehead atoms. The van der Waals surface area contributed by atoms with Crippen molar-refractivity contribution in [1.82, 2.24) is 4.90 Å². The molecule has 0 aromatic rings. The molecule has 1 atom stereocenters. The maximum atomic E-state index is 11.9. The van der Waals surface area contributed by atoms with Crippen molar-refractivity contribution in [3.63, 3.8) is 0 Å². The van der Waals surface area contributed by atoms with E-state index < -0.39 is 5.60 Å².